The van der Waals surface area contributed by atoms with Crippen LogP contribution in [0.15, 0.2) is 39.4 Å². The largest absolute Gasteiger partial charge is 0.487 e. The standard InChI is InChI=1S/C10H9BrN2O2/c11-7-2-1-3-9(4-7)14-5-8-6-15-10(12)13-8/h1-4,6H,5H2,(H2,12,13). The van der Waals surface area contributed by atoms with Crippen LogP contribution in [-0.4, -0.2) is 4.98 Å². The summed E-state index contributed by atoms with van der Waals surface area (Å²) in [5.74, 6) is 0.769. The molecule has 5 heteroatoms. The molecule has 0 saturated carbocycles. The van der Waals surface area contributed by atoms with Crippen LogP contribution < -0.4 is 10.5 Å². The van der Waals surface area contributed by atoms with Crippen molar-refractivity contribution >= 4 is 21.9 Å². The fourth-order valence-corrected chi connectivity index (χ4v) is 1.48. The molecular weight excluding hydrogens is 260 g/mol. The first-order valence-electron chi connectivity index (χ1n) is 4.32. The quantitative estimate of drug-likeness (QED) is 0.930. The molecule has 0 aliphatic rings. The molecule has 0 bridgehead atoms. The smallest absolute Gasteiger partial charge is 0.292 e. The molecule has 78 valence electrons. The van der Waals surface area contributed by atoms with Crippen molar-refractivity contribution in [1.82, 2.24) is 4.98 Å². The molecule has 2 rings (SSSR count). The predicted molar refractivity (Wildman–Crippen MR) is 59.4 cm³/mol. The van der Waals surface area contributed by atoms with Crippen LogP contribution in [0.5, 0.6) is 5.75 Å². The molecule has 0 spiro atoms. The summed E-state index contributed by atoms with van der Waals surface area (Å²) in [6.07, 6.45) is 1.48. The third kappa shape index (κ3) is 2.73. The molecule has 15 heavy (non-hydrogen) atoms. The molecule has 0 fully saturated rings. The number of oxazole rings is 1. The van der Waals surface area contributed by atoms with Gasteiger partial charge < -0.3 is 14.9 Å². The number of hydrogen-bond donors (Lipinski definition) is 1. The van der Waals surface area contributed by atoms with Crippen molar-refractivity contribution in [3.8, 4) is 5.75 Å². The Morgan fingerprint density at radius 2 is 2.33 bits per heavy atom. The van der Waals surface area contributed by atoms with E-state index in [1.54, 1.807) is 0 Å². The van der Waals surface area contributed by atoms with Gasteiger partial charge in [0.15, 0.2) is 0 Å². The monoisotopic (exact) mass is 268 g/mol. The highest BCUT2D eigenvalue weighted by Crippen LogP contribution is 2.18. The van der Waals surface area contributed by atoms with Crippen molar-refractivity contribution in [3.63, 3.8) is 0 Å². The van der Waals surface area contributed by atoms with Gasteiger partial charge in [-0.3, -0.25) is 0 Å². The molecule has 0 aliphatic heterocycles. The van der Waals surface area contributed by atoms with Crippen LogP contribution in [0, 0.1) is 0 Å². The molecule has 1 heterocycles. The first kappa shape index (κ1) is 10.0. The van der Waals surface area contributed by atoms with Gasteiger partial charge in [-0.15, -0.1) is 0 Å². The summed E-state index contributed by atoms with van der Waals surface area (Å²) in [4.78, 5) is 3.92. The molecule has 0 amide bonds. The number of nitrogens with two attached hydrogens (primary N) is 1. The Morgan fingerprint density at radius 1 is 1.47 bits per heavy atom. The van der Waals surface area contributed by atoms with Crippen LogP contribution in [-0.2, 0) is 6.61 Å². The van der Waals surface area contributed by atoms with Crippen LogP contribution >= 0.6 is 15.9 Å². The Bertz CT molecular complexity index is 456. The number of benzene rings is 1. The number of halogens is 1. The lowest BCUT2D eigenvalue weighted by atomic mass is 10.3. The molecule has 1 aromatic carbocycles. The molecule has 2 N–H and O–H groups in total. The summed E-state index contributed by atoms with van der Waals surface area (Å²) in [7, 11) is 0. The average molecular weight is 269 g/mol. The van der Waals surface area contributed by atoms with Crippen molar-refractivity contribution < 1.29 is 9.15 Å². The van der Waals surface area contributed by atoms with Gasteiger partial charge in [-0.2, -0.15) is 4.98 Å². The first-order valence-corrected chi connectivity index (χ1v) is 5.11. The summed E-state index contributed by atoms with van der Waals surface area (Å²) in [6, 6.07) is 7.73. The molecule has 4 nitrogen and oxygen atoms in total. The van der Waals surface area contributed by atoms with E-state index in [1.165, 1.54) is 6.26 Å². The maximum Gasteiger partial charge on any atom is 0.292 e. The van der Waals surface area contributed by atoms with Gasteiger partial charge in [0.25, 0.3) is 6.01 Å². The minimum atomic E-state index is 0.155. The molecule has 0 radical (unpaired) electrons. The average Bonchev–Trinajstić information content (AvgIpc) is 2.62. The summed E-state index contributed by atoms with van der Waals surface area (Å²) in [5.41, 5.74) is 6.00. The van der Waals surface area contributed by atoms with Crippen LogP contribution in [0.2, 0.25) is 0 Å². The molecule has 0 unspecified atom stereocenters. The number of nitrogen functional groups attached to an aromatic ring is 1. The van der Waals surface area contributed by atoms with E-state index in [0.717, 1.165) is 10.2 Å². The van der Waals surface area contributed by atoms with Gasteiger partial charge in [-0.25, -0.2) is 0 Å². The third-order valence-corrected chi connectivity index (χ3v) is 2.25. The van der Waals surface area contributed by atoms with E-state index in [9.17, 15) is 0 Å². The summed E-state index contributed by atoms with van der Waals surface area (Å²) < 4.78 is 11.3. The highest BCUT2D eigenvalue weighted by molar-refractivity contribution is 9.10. The number of nitrogens with zero attached hydrogens (tertiary/aromatic N) is 1. The minimum absolute atomic E-state index is 0.155. The minimum Gasteiger partial charge on any atom is -0.487 e. The first-order chi connectivity index (χ1) is 7.24. The lowest BCUT2D eigenvalue weighted by Crippen LogP contribution is -1.96. The van der Waals surface area contributed by atoms with Gasteiger partial charge in [-0.1, -0.05) is 22.0 Å². The zero-order chi connectivity index (χ0) is 10.7. The van der Waals surface area contributed by atoms with Crippen LogP contribution in [0.25, 0.3) is 0 Å². The highest BCUT2D eigenvalue weighted by atomic mass is 79.9. The number of anilines is 1. The second-order valence-corrected chi connectivity index (χ2v) is 3.84. The lowest BCUT2D eigenvalue weighted by molar-refractivity contribution is 0.301. The maximum atomic E-state index is 5.48. The molecule has 0 atom stereocenters. The van der Waals surface area contributed by atoms with Crippen LogP contribution in [0.4, 0.5) is 6.01 Å². The highest BCUT2D eigenvalue weighted by Gasteiger charge is 2.01. The zero-order valence-corrected chi connectivity index (χ0v) is 9.40. The van der Waals surface area contributed by atoms with Crippen LogP contribution in [0.3, 0.4) is 0 Å². The Labute approximate surface area is 95.2 Å². The van der Waals surface area contributed by atoms with E-state index in [2.05, 4.69) is 20.9 Å². The fourth-order valence-electron chi connectivity index (χ4n) is 1.10. The van der Waals surface area contributed by atoms with Gasteiger partial charge in [0.1, 0.15) is 24.3 Å². The lowest BCUT2D eigenvalue weighted by Gasteiger charge is -2.03. The van der Waals surface area contributed by atoms with Gasteiger partial charge in [-0.05, 0) is 18.2 Å². The van der Waals surface area contributed by atoms with Crippen molar-refractivity contribution in [3.05, 3.63) is 40.7 Å². The van der Waals surface area contributed by atoms with Gasteiger partial charge in [0.2, 0.25) is 0 Å². The second kappa shape index (κ2) is 4.35. The molecule has 0 saturated heterocycles. The second-order valence-electron chi connectivity index (χ2n) is 2.92. The zero-order valence-electron chi connectivity index (χ0n) is 7.81. The van der Waals surface area contributed by atoms with Crippen LogP contribution in [0.1, 0.15) is 5.69 Å². The molecule has 0 aliphatic carbocycles. The Morgan fingerprint density at radius 3 is 3.00 bits per heavy atom. The van der Waals surface area contributed by atoms with E-state index < -0.39 is 0 Å². The Balaban J connectivity index is 1.99. The van der Waals surface area contributed by atoms with Gasteiger partial charge in [0, 0.05) is 4.47 Å². The summed E-state index contributed by atoms with van der Waals surface area (Å²) in [5, 5.41) is 0. The number of rotatable bonds is 3. The summed E-state index contributed by atoms with van der Waals surface area (Å²) in [6.45, 7) is 0.344. The van der Waals surface area contributed by atoms with Crippen molar-refractivity contribution in [1.29, 1.82) is 0 Å². The van der Waals surface area contributed by atoms with Crippen molar-refractivity contribution in [2.45, 2.75) is 6.61 Å². The number of ether oxygens (including phenoxy) is 1. The predicted octanol–water partition coefficient (Wildman–Crippen LogP) is 2.60. The molecule has 2 aromatic rings. The Kier molecular flexibility index (Phi) is 2.91. The number of aromatic nitrogens is 1. The van der Waals surface area contributed by atoms with E-state index in [0.29, 0.717) is 12.3 Å². The van der Waals surface area contributed by atoms with E-state index in [4.69, 9.17) is 14.9 Å². The van der Waals surface area contributed by atoms with Crippen molar-refractivity contribution in [2.75, 3.05) is 5.73 Å². The Hall–Kier alpha value is -1.49. The van der Waals surface area contributed by atoms with Gasteiger partial charge in [0.05, 0.1) is 0 Å². The topological polar surface area (TPSA) is 61.3 Å². The van der Waals surface area contributed by atoms with E-state index in [1.807, 2.05) is 24.3 Å². The third-order valence-electron chi connectivity index (χ3n) is 1.75. The van der Waals surface area contributed by atoms with E-state index >= 15 is 0 Å². The van der Waals surface area contributed by atoms with E-state index in [-0.39, 0.29) is 6.01 Å². The maximum absolute atomic E-state index is 5.48. The normalized spacial score (nSPS) is 10.2. The summed E-state index contributed by atoms with van der Waals surface area (Å²) >= 11 is 3.36. The molecular formula is C10H9BrN2O2. The van der Waals surface area contributed by atoms with Gasteiger partial charge >= 0.3 is 0 Å². The number of hydrogen-bond acceptors (Lipinski definition) is 4. The molecule has 1 aromatic heterocycles. The van der Waals surface area contributed by atoms with Crippen molar-refractivity contribution in [2.24, 2.45) is 0 Å². The fraction of sp³-hybridized carbons (Fsp3) is 0.100. The SMILES string of the molecule is Nc1nc(COc2cccc(Br)c2)co1.